The molecule has 1 N–H and O–H groups in total. The molecule has 2 aliphatic heterocycles. The van der Waals surface area contributed by atoms with Crippen molar-refractivity contribution in [3.8, 4) is 5.69 Å². The molecule has 0 amide bonds. The fraction of sp³-hybridized carbons (Fsp3) is 0.545. The van der Waals surface area contributed by atoms with E-state index < -0.39 is 0 Å². The van der Waals surface area contributed by atoms with Crippen LogP contribution in [0.15, 0.2) is 41.5 Å². The second-order valence-electron chi connectivity index (χ2n) is 7.62. The fourth-order valence-electron chi connectivity index (χ4n) is 3.92. The molecule has 2 aliphatic rings. The smallest absolute Gasteiger partial charge is 0.194 e. The number of aliphatic imine (C=N–C) groups is 1. The maximum absolute atomic E-state index is 13.1. The van der Waals surface area contributed by atoms with E-state index in [1.54, 1.807) is 16.8 Å². The van der Waals surface area contributed by atoms with Crippen LogP contribution in [-0.2, 0) is 15.9 Å². The first-order valence-corrected chi connectivity index (χ1v) is 10.8. The van der Waals surface area contributed by atoms with Gasteiger partial charge in [0.05, 0.1) is 24.1 Å². The highest BCUT2D eigenvalue weighted by molar-refractivity contribution is 14.0. The van der Waals surface area contributed by atoms with E-state index in [4.69, 9.17) is 14.5 Å². The van der Waals surface area contributed by atoms with E-state index in [0.717, 1.165) is 62.8 Å². The number of benzene rings is 1. The van der Waals surface area contributed by atoms with Gasteiger partial charge in [-0.1, -0.05) is 0 Å². The Labute approximate surface area is 200 Å². The summed E-state index contributed by atoms with van der Waals surface area (Å²) in [7, 11) is 0. The lowest BCUT2D eigenvalue weighted by molar-refractivity contribution is -0.0817. The van der Waals surface area contributed by atoms with E-state index >= 15 is 0 Å². The zero-order valence-corrected chi connectivity index (χ0v) is 20.2. The molecule has 0 radical (unpaired) electrons. The molecule has 31 heavy (non-hydrogen) atoms. The number of morpholine rings is 1. The number of hydrogen-bond donors (Lipinski definition) is 1. The molecular weight excluding hydrogens is 512 g/mol. The van der Waals surface area contributed by atoms with Crippen LogP contribution < -0.4 is 5.32 Å². The normalized spacial score (nSPS) is 21.7. The van der Waals surface area contributed by atoms with Crippen LogP contribution in [0.1, 0.15) is 25.5 Å². The third-order valence-electron chi connectivity index (χ3n) is 5.47. The Morgan fingerprint density at radius 1 is 1.19 bits per heavy atom. The van der Waals surface area contributed by atoms with Crippen LogP contribution in [-0.4, -0.2) is 72.2 Å². The Morgan fingerprint density at radius 3 is 2.74 bits per heavy atom. The third-order valence-corrected chi connectivity index (χ3v) is 5.47. The SMILES string of the molecule is CCNC(=NCCc1ccn(-c2ccc(F)cc2)n1)N1CCOC(C2CCCO2)C1.I. The van der Waals surface area contributed by atoms with Gasteiger partial charge in [0.2, 0.25) is 0 Å². The maximum Gasteiger partial charge on any atom is 0.194 e. The van der Waals surface area contributed by atoms with Gasteiger partial charge in [-0.05, 0) is 50.1 Å². The molecule has 0 spiro atoms. The van der Waals surface area contributed by atoms with Crippen molar-refractivity contribution < 1.29 is 13.9 Å². The first kappa shape index (κ1) is 23.9. The largest absolute Gasteiger partial charge is 0.375 e. The summed E-state index contributed by atoms with van der Waals surface area (Å²) in [5.74, 6) is 0.669. The number of ether oxygens (including phenoxy) is 2. The summed E-state index contributed by atoms with van der Waals surface area (Å²) >= 11 is 0. The van der Waals surface area contributed by atoms with Crippen LogP contribution in [0.3, 0.4) is 0 Å². The molecule has 0 saturated carbocycles. The van der Waals surface area contributed by atoms with Crippen molar-refractivity contribution in [2.75, 3.05) is 39.4 Å². The van der Waals surface area contributed by atoms with Crippen molar-refractivity contribution in [1.29, 1.82) is 0 Å². The number of hydrogen-bond acceptors (Lipinski definition) is 4. The van der Waals surface area contributed by atoms with E-state index in [2.05, 4.69) is 22.2 Å². The lowest BCUT2D eigenvalue weighted by atomic mass is 10.1. The van der Waals surface area contributed by atoms with Crippen LogP contribution in [0, 0.1) is 5.82 Å². The Hall–Kier alpha value is -1.72. The number of aromatic nitrogens is 2. The van der Waals surface area contributed by atoms with Crippen molar-refractivity contribution in [2.45, 2.75) is 38.4 Å². The molecule has 2 saturated heterocycles. The van der Waals surface area contributed by atoms with E-state index in [9.17, 15) is 4.39 Å². The summed E-state index contributed by atoms with van der Waals surface area (Å²) in [4.78, 5) is 7.10. The quantitative estimate of drug-likeness (QED) is 0.345. The molecule has 170 valence electrons. The van der Waals surface area contributed by atoms with Gasteiger partial charge >= 0.3 is 0 Å². The summed E-state index contributed by atoms with van der Waals surface area (Å²) in [6.45, 7) is 6.70. The third kappa shape index (κ3) is 6.39. The highest BCUT2D eigenvalue weighted by Gasteiger charge is 2.32. The van der Waals surface area contributed by atoms with Crippen LogP contribution in [0.5, 0.6) is 0 Å². The molecule has 0 bridgehead atoms. The van der Waals surface area contributed by atoms with Crippen molar-refractivity contribution in [1.82, 2.24) is 20.0 Å². The predicted octanol–water partition coefficient (Wildman–Crippen LogP) is 3.02. The standard InChI is InChI=1S/C22H30FN5O2.HI/c1-2-24-22(27-13-15-30-21(16-27)20-4-3-14-29-20)25-11-9-18-10-12-28(26-18)19-7-5-17(23)6-8-19;/h5-8,10,12,20-21H,2-4,9,11,13-16H2,1H3,(H,24,25);1H. The number of guanidine groups is 1. The highest BCUT2D eigenvalue weighted by atomic mass is 127. The maximum atomic E-state index is 13.1. The van der Waals surface area contributed by atoms with E-state index in [1.807, 2.05) is 12.3 Å². The molecule has 2 unspecified atom stereocenters. The van der Waals surface area contributed by atoms with Gasteiger partial charge in [-0.2, -0.15) is 5.10 Å². The van der Waals surface area contributed by atoms with Crippen LogP contribution in [0.25, 0.3) is 5.69 Å². The zero-order chi connectivity index (χ0) is 20.8. The van der Waals surface area contributed by atoms with Crippen LogP contribution in [0.4, 0.5) is 4.39 Å². The second kappa shape index (κ2) is 11.8. The molecule has 0 aliphatic carbocycles. The molecule has 7 nitrogen and oxygen atoms in total. The molecule has 2 aromatic rings. The second-order valence-corrected chi connectivity index (χ2v) is 7.62. The van der Waals surface area contributed by atoms with Gasteiger partial charge in [-0.3, -0.25) is 4.99 Å². The van der Waals surface area contributed by atoms with Crippen molar-refractivity contribution in [3.63, 3.8) is 0 Å². The lowest BCUT2D eigenvalue weighted by Crippen LogP contribution is -2.53. The van der Waals surface area contributed by atoms with Gasteiger partial charge in [0, 0.05) is 45.4 Å². The summed E-state index contributed by atoms with van der Waals surface area (Å²) in [5, 5.41) is 7.99. The number of rotatable bonds is 6. The first-order chi connectivity index (χ1) is 14.7. The van der Waals surface area contributed by atoms with Gasteiger partial charge in [-0.25, -0.2) is 9.07 Å². The van der Waals surface area contributed by atoms with Gasteiger partial charge in [0.15, 0.2) is 5.96 Å². The van der Waals surface area contributed by atoms with Gasteiger partial charge in [0.25, 0.3) is 0 Å². The topological polar surface area (TPSA) is 63.9 Å². The predicted molar refractivity (Wildman–Crippen MR) is 129 cm³/mol. The monoisotopic (exact) mass is 543 g/mol. The molecule has 1 aromatic carbocycles. The minimum Gasteiger partial charge on any atom is -0.375 e. The molecule has 4 rings (SSSR count). The molecular formula is C22H31FIN5O2. The van der Waals surface area contributed by atoms with Gasteiger partial charge < -0.3 is 19.7 Å². The summed E-state index contributed by atoms with van der Waals surface area (Å²) in [5.41, 5.74) is 1.80. The summed E-state index contributed by atoms with van der Waals surface area (Å²) in [6, 6.07) is 8.30. The Morgan fingerprint density at radius 2 is 2.00 bits per heavy atom. The summed E-state index contributed by atoms with van der Waals surface area (Å²) < 4.78 is 26.7. The van der Waals surface area contributed by atoms with Crippen molar-refractivity contribution in [2.24, 2.45) is 4.99 Å². The lowest BCUT2D eigenvalue weighted by Gasteiger charge is -2.37. The van der Waals surface area contributed by atoms with E-state index in [1.165, 1.54) is 12.1 Å². The van der Waals surface area contributed by atoms with Crippen LogP contribution in [0.2, 0.25) is 0 Å². The Balaban J connectivity index is 0.00000272. The first-order valence-electron chi connectivity index (χ1n) is 10.8. The minimum absolute atomic E-state index is 0. The number of halogens is 2. The van der Waals surface area contributed by atoms with E-state index in [-0.39, 0.29) is 42.0 Å². The summed E-state index contributed by atoms with van der Waals surface area (Å²) in [6.07, 6.45) is 5.13. The van der Waals surface area contributed by atoms with Crippen molar-refractivity contribution in [3.05, 3.63) is 48.0 Å². The average molecular weight is 543 g/mol. The van der Waals surface area contributed by atoms with Gasteiger partial charge in [0.1, 0.15) is 11.9 Å². The Bertz CT molecular complexity index is 839. The molecule has 1 aromatic heterocycles. The molecule has 9 heteroatoms. The number of nitrogens with one attached hydrogen (secondary N) is 1. The molecule has 3 heterocycles. The fourth-order valence-corrected chi connectivity index (χ4v) is 3.92. The van der Waals surface area contributed by atoms with Gasteiger partial charge in [-0.15, -0.1) is 24.0 Å². The molecule has 2 atom stereocenters. The number of nitrogens with zero attached hydrogens (tertiary/aromatic N) is 4. The van der Waals surface area contributed by atoms with E-state index in [0.29, 0.717) is 13.2 Å². The highest BCUT2D eigenvalue weighted by Crippen LogP contribution is 2.21. The van der Waals surface area contributed by atoms with Crippen molar-refractivity contribution >= 4 is 29.9 Å². The Kier molecular flexibility index (Phi) is 9.09. The van der Waals surface area contributed by atoms with Crippen LogP contribution >= 0.6 is 24.0 Å². The zero-order valence-electron chi connectivity index (χ0n) is 17.9. The molecule has 2 fully saturated rings. The average Bonchev–Trinajstić information content (AvgIpc) is 3.46. The minimum atomic E-state index is -0.249.